The summed E-state index contributed by atoms with van der Waals surface area (Å²) in [5.74, 6) is 0.100. The topological polar surface area (TPSA) is 46.6 Å². The molecule has 0 bridgehead atoms. The average Bonchev–Trinajstić information content (AvgIpc) is 2.34. The van der Waals surface area contributed by atoms with Crippen LogP contribution in [0.4, 0.5) is 10.5 Å². The Morgan fingerprint density at radius 3 is 2.63 bits per heavy atom. The van der Waals surface area contributed by atoms with Gasteiger partial charge >= 0.3 is 5.43 Å². The van der Waals surface area contributed by atoms with Gasteiger partial charge in [-0.2, -0.15) is 0 Å². The predicted molar refractivity (Wildman–Crippen MR) is 75.3 cm³/mol. The molecule has 102 valence electrons. The molecule has 19 heavy (non-hydrogen) atoms. The van der Waals surface area contributed by atoms with Crippen LogP contribution in [-0.2, 0) is 9.53 Å². The molecule has 5 heteroatoms. The van der Waals surface area contributed by atoms with Crippen LogP contribution in [0.3, 0.4) is 0 Å². The number of nitrogens with zero attached hydrogens (tertiary/aromatic N) is 1. The number of allylic oxidation sites excluding steroid dienone is 1. The van der Waals surface area contributed by atoms with Crippen molar-refractivity contribution in [3.05, 3.63) is 42.2 Å². The van der Waals surface area contributed by atoms with E-state index in [0.717, 1.165) is 11.3 Å². The third kappa shape index (κ3) is 5.14. The Morgan fingerprint density at radius 2 is 2.05 bits per heavy atom. The average molecular weight is 282 g/mol. The summed E-state index contributed by atoms with van der Waals surface area (Å²) in [7, 11) is 1.70. The minimum atomic E-state index is -0.940. The third-order valence-electron chi connectivity index (χ3n) is 2.61. The van der Waals surface area contributed by atoms with Crippen molar-refractivity contribution in [2.24, 2.45) is 0 Å². The minimum Gasteiger partial charge on any atom is -0.420 e. The van der Waals surface area contributed by atoms with E-state index in [1.54, 1.807) is 11.9 Å². The molecular weight excluding hydrogens is 266 g/mol. The van der Waals surface area contributed by atoms with Gasteiger partial charge in [-0.05, 0) is 24.6 Å². The van der Waals surface area contributed by atoms with Gasteiger partial charge in [0.15, 0.2) is 0 Å². The zero-order chi connectivity index (χ0) is 14.4. The molecule has 0 fully saturated rings. The van der Waals surface area contributed by atoms with Gasteiger partial charge in [-0.25, -0.2) is 4.79 Å². The van der Waals surface area contributed by atoms with Crippen molar-refractivity contribution in [3.63, 3.8) is 0 Å². The molecule has 1 aromatic rings. The van der Waals surface area contributed by atoms with Gasteiger partial charge in [-0.3, -0.25) is 4.79 Å². The fourth-order valence-corrected chi connectivity index (χ4v) is 1.67. The number of amides is 1. The summed E-state index contributed by atoms with van der Waals surface area (Å²) in [4.78, 5) is 24.0. The van der Waals surface area contributed by atoms with Crippen LogP contribution in [0.1, 0.15) is 18.4 Å². The van der Waals surface area contributed by atoms with E-state index >= 15 is 0 Å². The lowest BCUT2D eigenvalue weighted by Crippen LogP contribution is -2.26. The molecule has 0 aliphatic carbocycles. The Bertz CT molecular complexity index is 499. The quantitative estimate of drug-likeness (QED) is 0.612. The predicted octanol–water partition coefficient (Wildman–Crippen LogP) is 3.63. The van der Waals surface area contributed by atoms with Crippen LogP contribution in [0.5, 0.6) is 0 Å². The maximum Gasteiger partial charge on any atom is 0.408 e. The van der Waals surface area contributed by atoms with Crippen molar-refractivity contribution in [1.82, 2.24) is 0 Å². The molecule has 0 saturated carbocycles. The van der Waals surface area contributed by atoms with Gasteiger partial charge in [0, 0.05) is 37.2 Å². The Labute approximate surface area is 117 Å². The zero-order valence-electron chi connectivity index (χ0n) is 11.0. The number of hydrogen-bond donors (Lipinski definition) is 0. The molecule has 4 nitrogen and oxygen atoms in total. The van der Waals surface area contributed by atoms with Gasteiger partial charge in [-0.15, -0.1) is 0 Å². The molecule has 0 atom stereocenters. The highest BCUT2D eigenvalue weighted by molar-refractivity contribution is 6.61. The highest BCUT2D eigenvalue weighted by Crippen LogP contribution is 2.16. The molecule has 0 N–H and O–H groups in total. The van der Waals surface area contributed by atoms with Gasteiger partial charge in [-0.1, -0.05) is 18.7 Å². The molecule has 0 radical (unpaired) electrons. The number of rotatable bonds is 5. The standard InChI is InChI=1S/C14H16ClNO3/c1-10-5-4-6-12(9-10)16(3)13(17)8-7-11(2)19-14(15)18/h4-6,9H,2,7-8H2,1,3H3. The molecule has 1 rings (SSSR count). The van der Waals surface area contributed by atoms with Gasteiger partial charge in [0.2, 0.25) is 5.91 Å². The normalized spacial score (nSPS) is 9.84. The molecule has 0 aromatic heterocycles. The Balaban J connectivity index is 2.54. The van der Waals surface area contributed by atoms with Crippen LogP contribution in [-0.4, -0.2) is 18.4 Å². The second-order valence-corrected chi connectivity index (χ2v) is 4.48. The molecule has 0 spiro atoms. The van der Waals surface area contributed by atoms with E-state index in [4.69, 9.17) is 11.6 Å². The molecule has 0 aliphatic rings. The summed E-state index contributed by atoms with van der Waals surface area (Å²) in [5.41, 5.74) is 0.965. The van der Waals surface area contributed by atoms with Crippen LogP contribution in [0.2, 0.25) is 0 Å². The van der Waals surface area contributed by atoms with Crippen LogP contribution < -0.4 is 4.90 Å². The number of aryl methyl sites for hydroxylation is 1. The first-order valence-corrected chi connectivity index (χ1v) is 6.16. The lowest BCUT2D eigenvalue weighted by atomic mass is 10.2. The van der Waals surface area contributed by atoms with Gasteiger partial charge in [0.05, 0.1) is 0 Å². The number of carbonyl (C=O) groups is 2. The van der Waals surface area contributed by atoms with Crippen molar-refractivity contribution in [2.45, 2.75) is 19.8 Å². The van der Waals surface area contributed by atoms with Crippen LogP contribution >= 0.6 is 11.6 Å². The first-order chi connectivity index (χ1) is 8.90. The number of anilines is 1. The number of benzene rings is 1. The first kappa shape index (κ1) is 15.2. The van der Waals surface area contributed by atoms with E-state index in [9.17, 15) is 9.59 Å². The van der Waals surface area contributed by atoms with Crippen LogP contribution in [0.25, 0.3) is 0 Å². The fraction of sp³-hybridized carbons (Fsp3) is 0.286. The Morgan fingerprint density at radius 1 is 1.37 bits per heavy atom. The highest BCUT2D eigenvalue weighted by atomic mass is 35.5. The summed E-state index contributed by atoms with van der Waals surface area (Å²) in [5, 5.41) is 0. The van der Waals surface area contributed by atoms with Crippen LogP contribution in [0.15, 0.2) is 36.6 Å². The molecule has 0 heterocycles. The largest absolute Gasteiger partial charge is 0.420 e. The second kappa shape index (κ2) is 6.95. The zero-order valence-corrected chi connectivity index (χ0v) is 11.7. The second-order valence-electron chi connectivity index (χ2n) is 4.17. The molecule has 0 unspecified atom stereocenters. The fourth-order valence-electron chi connectivity index (χ4n) is 1.56. The maximum absolute atomic E-state index is 12.0. The SMILES string of the molecule is C=C(CCC(=O)N(C)c1cccc(C)c1)OC(=O)Cl. The van der Waals surface area contributed by atoms with E-state index in [-0.39, 0.29) is 24.5 Å². The van der Waals surface area contributed by atoms with Crippen molar-refractivity contribution in [2.75, 3.05) is 11.9 Å². The van der Waals surface area contributed by atoms with Gasteiger partial charge in [0.25, 0.3) is 0 Å². The molecular formula is C14H16ClNO3. The Kier molecular flexibility index (Phi) is 5.57. The number of ether oxygens (including phenoxy) is 1. The maximum atomic E-state index is 12.0. The van der Waals surface area contributed by atoms with Crippen molar-refractivity contribution < 1.29 is 14.3 Å². The summed E-state index contributed by atoms with van der Waals surface area (Å²) in [6.45, 7) is 5.48. The first-order valence-electron chi connectivity index (χ1n) is 5.78. The lowest BCUT2D eigenvalue weighted by molar-refractivity contribution is -0.118. The highest BCUT2D eigenvalue weighted by Gasteiger charge is 2.12. The summed E-state index contributed by atoms with van der Waals surface area (Å²) in [6, 6.07) is 7.64. The minimum absolute atomic E-state index is 0.0858. The molecule has 1 amide bonds. The van der Waals surface area contributed by atoms with Crippen molar-refractivity contribution in [3.8, 4) is 0 Å². The van der Waals surface area contributed by atoms with E-state index in [0.29, 0.717) is 0 Å². The summed E-state index contributed by atoms with van der Waals surface area (Å²) >= 11 is 5.05. The van der Waals surface area contributed by atoms with E-state index < -0.39 is 5.43 Å². The third-order valence-corrected chi connectivity index (χ3v) is 2.68. The Hall–Kier alpha value is -1.81. The molecule has 1 aromatic carbocycles. The number of carbonyl (C=O) groups excluding carboxylic acids is 2. The summed E-state index contributed by atoms with van der Waals surface area (Å²) < 4.78 is 4.57. The number of hydrogen-bond acceptors (Lipinski definition) is 3. The van der Waals surface area contributed by atoms with E-state index in [1.165, 1.54) is 0 Å². The molecule has 0 saturated heterocycles. The van der Waals surface area contributed by atoms with Crippen molar-refractivity contribution >= 4 is 28.6 Å². The smallest absolute Gasteiger partial charge is 0.408 e. The van der Waals surface area contributed by atoms with Crippen LogP contribution in [0, 0.1) is 6.92 Å². The monoisotopic (exact) mass is 281 g/mol. The molecule has 0 aliphatic heterocycles. The van der Waals surface area contributed by atoms with E-state index in [1.807, 2.05) is 31.2 Å². The lowest BCUT2D eigenvalue weighted by Gasteiger charge is -2.18. The number of halogens is 1. The van der Waals surface area contributed by atoms with Crippen molar-refractivity contribution in [1.29, 1.82) is 0 Å². The van der Waals surface area contributed by atoms with Gasteiger partial charge < -0.3 is 9.64 Å². The van der Waals surface area contributed by atoms with Gasteiger partial charge in [0.1, 0.15) is 5.76 Å². The summed E-state index contributed by atoms with van der Waals surface area (Å²) in [6.07, 6.45) is 0.459. The van der Waals surface area contributed by atoms with E-state index in [2.05, 4.69) is 11.3 Å².